The molecule has 0 N–H and O–H groups in total. The largest absolute Gasteiger partial charge is 2.00 e. The fraction of sp³-hybridized carbons (Fsp3) is 0.714. The Morgan fingerprint density at radius 3 is 2.55 bits per heavy atom. The zero-order valence-electron chi connectivity index (χ0n) is 6.63. The van der Waals surface area contributed by atoms with E-state index in [1.165, 1.54) is 0 Å². The van der Waals surface area contributed by atoms with E-state index in [4.69, 9.17) is 0 Å². The minimum absolute atomic E-state index is 0. The van der Waals surface area contributed by atoms with Crippen LogP contribution in [-0.2, 0) is 24.3 Å². The third-order valence-electron chi connectivity index (χ3n) is 1.36. The number of nitrogens with zero attached hydrogens (tertiary/aromatic N) is 2. The molecular formula is C7H11N2ORh+. The van der Waals surface area contributed by atoms with E-state index < -0.39 is 0 Å². The van der Waals surface area contributed by atoms with E-state index in [1.54, 1.807) is 0 Å². The number of aliphatic imine (C=N–C) groups is 1. The normalized spacial score (nSPS) is 17.0. The summed E-state index contributed by atoms with van der Waals surface area (Å²) in [6.07, 6.45) is 0.482. The van der Waals surface area contributed by atoms with E-state index in [0.29, 0.717) is 18.8 Å². The quantitative estimate of drug-likeness (QED) is 0.640. The summed E-state index contributed by atoms with van der Waals surface area (Å²) in [6, 6.07) is 0. The predicted octanol–water partition coefficient (Wildman–Crippen LogP) is 1.34. The number of hydrogen-bond acceptors (Lipinski definition) is 2. The summed E-state index contributed by atoms with van der Waals surface area (Å²) >= 11 is 0. The molecule has 0 aliphatic carbocycles. The van der Waals surface area contributed by atoms with Gasteiger partial charge in [-0.2, -0.15) is 0 Å². The van der Waals surface area contributed by atoms with Crippen LogP contribution in [0.25, 0.3) is 5.32 Å². The Balaban J connectivity index is 0.000001000. The first-order chi connectivity index (χ1) is 4.70. The standard InChI is InChI=1S/C7H12N2O.Rh/c1-5(2)7-8-4-3-6(10)9-7;/h5H,3-4H2,1-2H3,(H,8,9,10);/q;+2/p-1. The molecule has 0 aromatic heterocycles. The number of amides is 1. The Labute approximate surface area is 79.4 Å². The minimum Gasteiger partial charge on any atom is -0.468 e. The number of carbonyl (C=O) groups is 1. The van der Waals surface area contributed by atoms with Gasteiger partial charge in [0.15, 0.2) is 0 Å². The molecule has 0 aromatic carbocycles. The van der Waals surface area contributed by atoms with Crippen LogP contribution in [0.2, 0.25) is 0 Å². The second-order valence-corrected chi connectivity index (χ2v) is 2.65. The second-order valence-electron chi connectivity index (χ2n) is 2.65. The summed E-state index contributed by atoms with van der Waals surface area (Å²) in [6.45, 7) is 4.59. The zero-order valence-corrected chi connectivity index (χ0v) is 8.27. The SMILES string of the molecule is CC(C)C1=NCCC(=O)[N-]1.[Rh+2]. The van der Waals surface area contributed by atoms with E-state index in [-0.39, 0.29) is 31.3 Å². The first kappa shape index (κ1) is 10.8. The zero-order chi connectivity index (χ0) is 7.56. The van der Waals surface area contributed by atoms with Crippen LogP contribution >= 0.6 is 0 Å². The summed E-state index contributed by atoms with van der Waals surface area (Å²) in [4.78, 5) is 14.8. The number of amidine groups is 1. The van der Waals surface area contributed by atoms with Gasteiger partial charge in [0.05, 0.1) is 0 Å². The Kier molecular flexibility index (Phi) is 4.50. The van der Waals surface area contributed by atoms with Crippen molar-refractivity contribution in [2.45, 2.75) is 20.3 Å². The van der Waals surface area contributed by atoms with Gasteiger partial charge in [-0.05, 0) is 12.5 Å². The second kappa shape index (κ2) is 4.60. The smallest absolute Gasteiger partial charge is 0.468 e. The van der Waals surface area contributed by atoms with E-state index >= 15 is 0 Å². The molecule has 1 aliphatic heterocycles. The number of hydrogen-bond donors (Lipinski definition) is 0. The van der Waals surface area contributed by atoms with Crippen molar-refractivity contribution in [3.63, 3.8) is 0 Å². The predicted molar refractivity (Wildman–Crippen MR) is 40.1 cm³/mol. The van der Waals surface area contributed by atoms with Crippen LogP contribution in [0.4, 0.5) is 0 Å². The summed E-state index contributed by atoms with van der Waals surface area (Å²) in [7, 11) is 0. The molecule has 3 nitrogen and oxygen atoms in total. The molecule has 0 saturated heterocycles. The van der Waals surface area contributed by atoms with Crippen LogP contribution in [0.5, 0.6) is 0 Å². The van der Waals surface area contributed by atoms with E-state index in [1.807, 2.05) is 13.8 Å². The number of rotatable bonds is 1. The van der Waals surface area contributed by atoms with Crippen LogP contribution in [0.1, 0.15) is 20.3 Å². The van der Waals surface area contributed by atoms with Gasteiger partial charge in [0, 0.05) is 6.42 Å². The van der Waals surface area contributed by atoms with Gasteiger partial charge < -0.3 is 10.3 Å². The van der Waals surface area contributed by atoms with Crippen LogP contribution < -0.4 is 0 Å². The van der Waals surface area contributed by atoms with Crippen molar-refractivity contribution < 1.29 is 24.3 Å². The molecule has 1 aliphatic rings. The fourth-order valence-electron chi connectivity index (χ4n) is 0.797. The Hall–Kier alpha value is -0.237. The molecule has 0 saturated carbocycles. The average molecular weight is 242 g/mol. The van der Waals surface area contributed by atoms with Crippen LogP contribution in [0.15, 0.2) is 4.99 Å². The topological polar surface area (TPSA) is 43.5 Å². The first-order valence-corrected chi connectivity index (χ1v) is 3.49. The van der Waals surface area contributed by atoms with Gasteiger partial charge in [-0.15, -0.1) is 0 Å². The molecule has 0 atom stereocenters. The van der Waals surface area contributed by atoms with Gasteiger partial charge in [0.25, 0.3) is 0 Å². The summed E-state index contributed by atoms with van der Waals surface area (Å²) < 4.78 is 0. The van der Waals surface area contributed by atoms with Crippen molar-refractivity contribution in [3.05, 3.63) is 5.32 Å². The van der Waals surface area contributed by atoms with E-state index in [9.17, 15) is 4.79 Å². The van der Waals surface area contributed by atoms with Crippen molar-refractivity contribution in [2.24, 2.45) is 10.9 Å². The Morgan fingerprint density at radius 2 is 2.18 bits per heavy atom. The maximum absolute atomic E-state index is 10.7. The summed E-state index contributed by atoms with van der Waals surface area (Å²) in [5.74, 6) is 0.958. The Bertz CT molecular complexity index is 177. The average Bonchev–Trinajstić information content (AvgIpc) is 1.88. The van der Waals surface area contributed by atoms with Crippen molar-refractivity contribution in [1.29, 1.82) is 0 Å². The molecule has 0 aromatic rings. The van der Waals surface area contributed by atoms with Crippen molar-refractivity contribution in [1.82, 2.24) is 0 Å². The summed E-state index contributed by atoms with van der Waals surface area (Å²) in [5, 5.41) is 3.79. The third-order valence-corrected chi connectivity index (χ3v) is 1.36. The van der Waals surface area contributed by atoms with Gasteiger partial charge in [0.2, 0.25) is 0 Å². The van der Waals surface area contributed by atoms with Crippen molar-refractivity contribution >= 4 is 11.7 Å². The molecule has 1 heterocycles. The van der Waals surface area contributed by atoms with Crippen LogP contribution in [0, 0.1) is 5.92 Å². The maximum Gasteiger partial charge on any atom is 2.00 e. The van der Waals surface area contributed by atoms with Crippen LogP contribution in [0.3, 0.4) is 0 Å². The van der Waals surface area contributed by atoms with Crippen molar-refractivity contribution in [2.75, 3.05) is 6.54 Å². The molecular weight excluding hydrogens is 231 g/mol. The molecule has 0 unspecified atom stereocenters. The van der Waals surface area contributed by atoms with Gasteiger partial charge in [-0.3, -0.25) is 4.79 Å². The molecule has 0 fully saturated rings. The van der Waals surface area contributed by atoms with Gasteiger partial charge in [-0.25, -0.2) is 0 Å². The molecule has 0 bridgehead atoms. The molecule has 11 heavy (non-hydrogen) atoms. The van der Waals surface area contributed by atoms with E-state index in [2.05, 4.69) is 10.3 Å². The molecule has 1 radical (unpaired) electrons. The van der Waals surface area contributed by atoms with E-state index in [0.717, 1.165) is 0 Å². The first-order valence-electron chi connectivity index (χ1n) is 3.49. The van der Waals surface area contributed by atoms with Crippen LogP contribution in [-0.4, -0.2) is 18.3 Å². The monoisotopic (exact) mass is 242 g/mol. The van der Waals surface area contributed by atoms with Gasteiger partial charge in [-0.1, -0.05) is 19.7 Å². The molecule has 63 valence electrons. The maximum atomic E-state index is 10.7. The molecule has 4 heteroatoms. The van der Waals surface area contributed by atoms with Gasteiger partial charge >= 0.3 is 19.5 Å². The van der Waals surface area contributed by atoms with Crippen molar-refractivity contribution in [3.8, 4) is 0 Å². The molecule has 0 spiro atoms. The third kappa shape index (κ3) is 3.11. The molecule has 1 amide bonds. The molecule has 1 rings (SSSR count). The minimum atomic E-state index is -0.0290. The van der Waals surface area contributed by atoms with Gasteiger partial charge in [0.1, 0.15) is 5.91 Å². The number of carbonyl (C=O) groups excluding carboxylic acids is 1. The summed E-state index contributed by atoms with van der Waals surface area (Å²) in [5.41, 5.74) is 0. The Morgan fingerprint density at radius 1 is 1.55 bits per heavy atom. The fourth-order valence-corrected chi connectivity index (χ4v) is 0.797.